The molecule has 0 fully saturated rings. The fraction of sp³-hybridized carbons (Fsp3) is 0.154. The van der Waals surface area contributed by atoms with Crippen molar-refractivity contribution in [1.29, 1.82) is 5.26 Å². The number of benzene rings is 1. The van der Waals surface area contributed by atoms with E-state index in [0.717, 1.165) is 11.0 Å². The van der Waals surface area contributed by atoms with E-state index < -0.39 is 5.97 Å². The van der Waals surface area contributed by atoms with Crippen LogP contribution in [-0.2, 0) is 18.3 Å². The molecule has 1 aromatic carbocycles. The molecular formula is C13H10N4O2. The highest BCUT2D eigenvalue weighted by atomic mass is 16.4. The molecule has 6 nitrogen and oxygen atoms in total. The first-order valence-corrected chi connectivity index (χ1v) is 5.68. The Morgan fingerprint density at radius 2 is 2.32 bits per heavy atom. The fourth-order valence-electron chi connectivity index (χ4n) is 2.20. The van der Waals surface area contributed by atoms with E-state index in [-0.39, 0.29) is 6.42 Å². The average molecular weight is 254 g/mol. The van der Waals surface area contributed by atoms with Crippen LogP contribution in [0.3, 0.4) is 0 Å². The molecule has 0 aliphatic rings. The van der Waals surface area contributed by atoms with Crippen LogP contribution in [0.2, 0.25) is 0 Å². The maximum Gasteiger partial charge on any atom is 0.309 e. The van der Waals surface area contributed by atoms with Crippen molar-refractivity contribution in [3.63, 3.8) is 0 Å². The average Bonchev–Trinajstić information content (AvgIpc) is 2.87. The van der Waals surface area contributed by atoms with E-state index in [1.807, 2.05) is 10.5 Å². The van der Waals surface area contributed by atoms with Crippen molar-refractivity contribution in [3.05, 3.63) is 35.7 Å². The standard InChI is InChI=1S/C13H10N4O2/c1-16-9(5-12(18)19)7-17-11-3-2-8(6-14)4-10(11)15-13(16)17/h2-4,7H,5H2,1H3,(H,18,19). The molecule has 0 saturated carbocycles. The van der Waals surface area contributed by atoms with Crippen molar-refractivity contribution in [3.8, 4) is 6.07 Å². The quantitative estimate of drug-likeness (QED) is 0.747. The number of fused-ring (bicyclic) bond motifs is 3. The van der Waals surface area contributed by atoms with E-state index in [1.165, 1.54) is 0 Å². The van der Waals surface area contributed by atoms with Gasteiger partial charge in [-0.05, 0) is 18.2 Å². The molecule has 94 valence electrons. The molecule has 0 amide bonds. The molecule has 0 aliphatic heterocycles. The molecule has 19 heavy (non-hydrogen) atoms. The van der Waals surface area contributed by atoms with Gasteiger partial charge in [0.25, 0.3) is 0 Å². The van der Waals surface area contributed by atoms with Gasteiger partial charge >= 0.3 is 5.97 Å². The van der Waals surface area contributed by atoms with Crippen LogP contribution in [-0.4, -0.2) is 25.0 Å². The molecule has 0 spiro atoms. The summed E-state index contributed by atoms with van der Waals surface area (Å²) in [6, 6.07) is 7.34. The largest absolute Gasteiger partial charge is 0.481 e. The highest BCUT2D eigenvalue weighted by Gasteiger charge is 2.13. The number of nitrogens with zero attached hydrogens (tertiary/aromatic N) is 4. The first-order chi connectivity index (χ1) is 9.10. The van der Waals surface area contributed by atoms with Gasteiger partial charge in [0.1, 0.15) is 0 Å². The Morgan fingerprint density at radius 1 is 1.53 bits per heavy atom. The van der Waals surface area contributed by atoms with Gasteiger partial charge in [-0.2, -0.15) is 5.26 Å². The predicted molar refractivity (Wildman–Crippen MR) is 67.7 cm³/mol. The third-order valence-corrected chi connectivity index (χ3v) is 3.14. The van der Waals surface area contributed by atoms with Crippen molar-refractivity contribution in [2.45, 2.75) is 6.42 Å². The molecule has 0 atom stereocenters. The Morgan fingerprint density at radius 3 is 3.00 bits per heavy atom. The van der Waals surface area contributed by atoms with Gasteiger partial charge in [-0.3, -0.25) is 9.20 Å². The molecule has 3 rings (SSSR count). The second-order valence-corrected chi connectivity index (χ2v) is 4.35. The predicted octanol–water partition coefficient (Wildman–Crippen LogP) is 1.32. The van der Waals surface area contributed by atoms with E-state index in [2.05, 4.69) is 11.1 Å². The van der Waals surface area contributed by atoms with E-state index >= 15 is 0 Å². The summed E-state index contributed by atoms with van der Waals surface area (Å²) in [7, 11) is 1.78. The molecule has 0 unspecified atom stereocenters. The first-order valence-electron chi connectivity index (χ1n) is 5.68. The summed E-state index contributed by atoms with van der Waals surface area (Å²) in [5, 5.41) is 17.7. The minimum atomic E-state index is -0.875. The highest BCUT2D eigenvalue weighted by Crippen LogP contribution is 2.20. The third-order valence-electron chi connectivity index (χ3n) is 3.14. The molecule has 0 saturated heterocycles. The monoisotopic (exact) mass is 254 g/mol. The Balaban J connectivity index is 2.27. The van der Waals surface area contributed by atoms with E-state index in [9.17, 15) is 4.79 Å². The molecule has 6 heteroatoms. The summed E-state index contributed by atoms with van der Waals surface area (Å²) in [6.45, 7) is 0. The molecular weight excluding hydrogens is 244 g/mol. The zero-order valence-electron chi connectivity index (χ0n) is 10.2. The first kappa shape index (κ1) is 11.3. The molecule has 0 bridgehead atoms. The number of carboxylic acid groups (broad SMARTS) is 1. The molecule has 2 heterocycles. The number of imidazole rings is 2. The lowest BCUT2D eigenvalue weighted by molar-refractivity contribution is -0.136. The van der Waals surface area contributed by atoms with Gasteiger partial charge in [-0.1, -0.05) is 0 Å². The Labute approximate surface area is 108 Å². The topological polar surface area (TPSA) is 83.3 Å². The number of aromatic nitrogens is 3. The second-order valence-electron chi connectivity index (χ2n) is 4.35. The smallest absolute Gasteiger partial charge is 0.309 e. The summed E-state index contributed by atoms with van der Waals surface area (Å²) < 4.78 is 3.59. The van der Waals surface area contributed by atoms with E-state index in [1.54, 1.807) is 29.9 Å². The highest BCUT2D eigenvalue weighted by molar-refractivity contribution is 5.81. The van der Waals surface area contributed by atoms with Crippen LogP contribution < -0.4 is 0 Å². The van der Waals surface area contributed by atoms with Crippen molar-refractivity contribution in [2.24, 2.45) is 7.05 Å². The lowest BCUT2D eigenvalue weighted by Crippen LogP contribution is -2.05. The van der Waals surface area contributed by atoms with Gasteiger partial charge in [0.2, 0.25) is 5.78 Å². The number of aliphatic carboxylic acids is 1. The Hall–Kier alpha value is -2.81. The van der Waals surface area contributed by atoms with Gasteiger partial charge < -0.3 is 9.67 Å². The minimum absolute atomic E-state index is 0.0440. The van der Waals surface area contributed by atoms with Gasteiger partial charge in [-0.15, -0.1) is 0 Å². The van der Waals surface area contributed by atoms with E-state index in [0.29, 0.717) is 17.0 Å². The zero-order valence-corrected chi connectivity index (χ0v) is 10.2. The van der Waals surface area contributed by atoms with Crippen LogP contribution in [0.5, 0.6) is 0 Å². The van der Waals surface area contributed by atoms with E-state index in [4.69, 9.17) is 10.4 Å². The zero-order chi connectivity index (χ0) is 13.6. The summed E-state index contributed by atoms with van der Waals surface area (Å²) >= 11 is 0. The fourth-order valence-corrected chi connectivity index (χ4v) is 2.20. The van der Waals surface area contributed by atoms with Crippen LogP contribution >= 0.6 is 0 Å². The number of carboxylic acids is 1. The van der Waals surface area contributed by atoms with Gasteiger partial charge in [0, 0.05) is 18.9 Å². The minimum Gasteiger partial charge on any atom is -0.481 e. The summed E-state index contributed by atoms with van der Waals surface area (Å²) in [5.41, 5.74) is 2.83. The number of rotatable bonds is 2. The molecule has 0 aliphatic carbocycles. The Kier molecular flexibility index (Phi) is 2.29. The third kappa shape index (κ3) is 1.64. The summed E-state index contributed by atoms with van der Waals surface area (Å²) in [4.78, 5) is 15.2. The van der Waals surface area contributed by atoms with Crippen LogP contribution in [0.4, 0.5) is 0 Å². The lowest BCUT2D eigenvalue weighted by Gasteiger charge is -1.97. The van der Waals surface area contributed by atoms with Crippen LogP contribution in [0.1, 0.15) is 11.3 Å². The number of nitriles is 1. The normalized spacial score (nSPS) is 10.9. The van der Waals surface area contributed by atoms with Gasteiger partial charge in [0.05, 0.1) is 29.1 Å². The maximum atomic E-state index is 10.8. The molecule has 2 aromatic heterocycles. The number of hydrogen-bond acceptors (Lipinski definition) is 3. The molecule has 3 aromatic rings. The van der Waals surface area contributed by atoms with Crippen molar-refractivity contribution < 1.29 is 9.90 Å². The van der Waals surface area contributed by atoms with Crippen molar-refractivity contribution in [1.82, 2.24) is 14.0 Å². The maximum absolute atomic E-state index is 10.8. The van der Waals surface area contributed by atoms with Crippen LogP contribution in [0.25, 0.3) is 16.8 Å². The number of aryl methyl sites for hydroxylation is 1. The number of carbonyl (C=O) groups is 1. The van der Waals surface area contributed by atoms with Crippen molar-refractivity contribution in [2.75, 3.05) is 0 Å². The lowest BCUT2D eigenvalue weighted by atomic mass is 10.2. The van der Waals surface area contributed by atoms with Crippen molar-refractivity contribution >= 4 is 22.8 Å². The number of hydrogen-bond donors (Lipinski definition) is 1. The van der Waals surface area contributed by atoms with Gasteiger partial charge in [-0.25, -0.2) is 4.98 Å². The van der Waals surface area contributed by atoms with Gasteiger partial charge in [0.15, 0.2) is 0 Å². The SMILES string of the molecule is Cn1c(CC(=O)O)cn2c3ccc(C#N)cc3nc12. The second kappa shape index (κ2) is 3.85. The summed E-state index contributed by atoms with van der Waals surface area (Å²) in [6.07, 6.45) is 1.72. The Bertz CT molecular complexity index is 851. The van der Waals surface area contributed by atoms with Crippen LogP contribution in [0, 0.1) is 11.3 Å². The molecule has 0 radical (unpaired) electrons. The van der Waals surface area contributed by atoms with Crippen LogP contribution in [0.15, 0.2) is 24.4 Å². The molecule has 1 N–H and O–H groups in total. The summed E-state index contributed by atoms with van der Waals surface area (Å²) in [5.74, 6) is -0.207.